The van der Waals surface area contributed by atoms with Crippen molar-refractivity contribution in [3.63, 3.8) is 0 Å². The highest BCUT2D eigenvalue weighted by atomic mass is 32.2. The molecule has 0 aliphatic carbocycles. The predicted molar refractivity (Wildman–Crippen MR) is 174 cm³/mol. The molecule has 3 aromatic heterocycles. The minimum atomic E-state index is -0.173. The lowest BCUT2D eigenvalue weighted by molar-refractivity contribution is 0.0948. The van der Waals surface area contributed by atoms with Crippen LogP contribution in [0.5, 0.6) is 5.75 Å². The second-order valence-electron chi connectivity index (χ2n) is 9.89. The van der Waals surface area contributed by atoms with Crippen molar-refractivity contribution in [1.82, 2.24) is 30.0 Å². The average molecular weight is 619 g/mol. The standard InChI is InChI=1S/C34H30N6O2S2/c1-42-30-17-9-8-16-29(30)40-32(26-15-10-19-35-21-26)38-39-34(40)44-23-31-37-28(22-43-31)33(41)36-20-18-27(24-11-4-2-5-12-24)25-13-6-3-7-14-25/h2-17,19,21-22,27H,18,20,23H2,1H3,(H,36,41). The predicted octanol–water partition coefficient (Wildman–Crippen LogP) is 7.04. The van der Waals surface area contributed by atoms with Crippen molar-refractivity contribution in [3.05, 3.63) is 137 Å². The number of ether oxygens (including phenoxy) is 1. The van der Waals surface area contributed by atoms with Crippen LogP contribution in [0.2, 0.25) is 0 Å². The van der Waals surface area contributed by atoms with Crippen LogP contribution >= 0.6 is 23.1 Å². The van der Waals surface area contributed by atoms with Gasteiger partial charge in [-0.15, -0.1) is 21.5 Å². The van der Waals surface area contributed by atoms with Gasteiger partial charge in [0.05, 0.1) is 18.6 Å². The highest BCUT2D eigenvalue weighted by Gasteiger charge is 2.20. The molecule has 0 aliphatic heterocycles. The molecule has 0 unspecified atom stereocenters. The topological polar surface area (TPSA) is 94.8 Å². The van der Waals surface area contributed by atoms with Gasteiger partial charge < -0.3 is 10.1 Å². The monoisotopic (exact) mass is 618 g/mol. The number of thiazole rings is 1. The maximum Gasteiger partial charge on any atom is 0.270 e. The highest BCUT2D eigenvalue weighted by Crippen LogP contribution is 2.34. The SMILES string of the molecule is COc1ccccc1-n1c(SCc2nc(C(=O)NCCC(c3ccccc3)c3ccccc3)cs2)nnc1-c1cccnc1. The van der Waals surface area contributed by atoms with Crippen LogP contribution in [0.3, 0.4) is 0 Å². The van der Waals surface area contributed by atoms with Gasteiger partial charge in [-0.2, -0.15) is 0 Å². The van der Waals surface area contributed by atoms with Crippen molar-refractivity contribution < 1.29 is 9.53 Å². The molecule has 6 rings (SSSR count). The number of carbonyl (C=O) groups is 1. The Kier molecular flexibility index (Phi) is 9.39. The van der Waals surface area contributed by atoms with Crippen molar-refractivity contribution >= 4 is 29.0 Å². The largest absolute Gasteiger partial charge is 0.495 e. The molecule has 0 bridgehead atoms. The third-order valence-corrected chi connectivity index (χ3v) is 9.08. The number of thioether (sulfide) groups is 1. The van der Waals surface area contributed by atoms with E-state index in [4.69, 9.17) is 4.74 Å². The van der Waals surface area contributed by atoms with Crippen LogP contribution in [0.4, 0.5) is 0 Å². The number of amides is 1. The molecule has 6 aromatic rings. The minimum absolute atomic E-state index is 0.173. The Bertz CT molecular complexity index is 1770. The number of benzene rings is 3. The van der Waals surface area contributed by atoms with Crippen molar-refractivity contribution in [3.8, 4) is 22.8 Å². The summed E-state index contributed by atoms with van der Waals surface area (Å²) in [5, 5.41) is 15.4. The fourth-order valence-electron chi connectivity index (χ4n) is 5.00. The summed E-state index contributed by atoms with van der Waals surface area (Å²) in [6, 6.07) is 32.4. The fraction of sp³-hybridized carbons (Fsp3) is 0.147. The molecule has 0 radical (unpaired) electrons. The van der Waals surface area contributed by atoms with Gasteiger partial charge in [0, 0.05) is 35.8 Å². The van der Waals surface area contributed by atoms with Crippen LogP contribution < -0.4 is 10.1 Å². The Morgan fingerprint density at radius 3 is 2.36 bits per heavy atom. The van der Waals surface area contributed by atoms with E-state index in [1.54, 1.807) is 19.5 Å². The zero-order valence-electron chi connectivity index (χ0n) is 24.0. The quantitative estimate of drug-likeness (QED) is 0.147. The molecule has 3 aromatic carbocycles. The number of methoxy groups -OCH3 is 1. The molecule has 44 heavy (non-hydrogen) atoms. The molecule has 3 heterocycles. The molecule has 8 nitrogen and oxygen atoms in total. The Hall–Kier alpha value is -4.80. The van der Waals surface area contributed by atoms with Crippen LogP contribution in [0.25, 0.3) is 17.1 Å². The molecule has 0 saturated carbocycles. The second-order valence-corrected chi connectivity index (χ2v) is 11.8. The first-order chi connectivity index (χ1) is 21.7. The van der Waals surface area contributed by atoms with Crippen molar-refractivity contribution in [2.24, 2.45) is 0 Å². The molecule has 10 heteroatoms. The molecule has 220 valence electrons. The first kappa shape index (κ1) is 29.3. The number of aromatic nitrogens is 5. The number of hydrogen-bond acceptors (Lipinski definition) is 8. The second kappa shape index (κ2) is 14.1. The molecular weight excluding hydrogens is 589 g/mol. The Morgan fingerprint density at radius 1 is 0.932 bits per heavy atom. The van der Waals surface area contributed by atoms with E-state index in [2.05, 4.69) is 74.0 Å². The summed E-state index contributed by atoms with van der Waals surface area (Å²) in [6.45, 7) is 0.536. The highest BCUT2D eigenvalue weighted by molar-refractivity contribution is 7.98. The molecule has 1 amide bonds. The lowest BCUT2D eigenvalue weighted by Gasteiger charge is -2.18. The number of nitrogens with one attached hydrogen (secondary N) is 1. The van der Waals surface area contributed by atoms with Crippen LogP contribution in [0.15, 0.2) is 120 Å². The zero-order chi connectivity index (χ0) is 30.1. The van der Waals surface area contributed by atoms with Gasteiger partial charge in [-0.3, -0.25) is 14.3 Å². The van der Waals surface area contributed by atoms with E-state index in [1.807, 2.05) is 58.5 Å². The summed E-state index contributed by atoms with van der Waals surface area (Å²) in [7, 11) is 1.64. The molecule has 0 aliphatic rings. The summed E-state index contributed by atoms with van der Waals surface area (Å²) >= 11 is 2.96. The van der Waals surface area contributed by atoms with Crippen molar-refractivity contribution in [1.29, 1.82) is 0 Å². The average Bonchev–Trinajstić information content (AvgIpc) is 3.74. The maximum absolute atomic E-state index is 13.0. The molecule has 1 N–H and O–H groups in total. The molecule has 0 saturated heterocycles. The molecule has 0 atom stereocenters. The summed E-state index contributed by atoms with van der Waals surface area (Å²) in [6.07, 6.45) is 4.27. The summed E-state index contributed by atoms with van der Waals surface area (Å²) in [4.78, 5) is 21.9. The number of hydrogen-bond donors (Lipinski definition) is 1. The Balaban J connectivity index is 1.13. The van der Waals surface area contributed by atoms with Crippen molar-refractivity contribution in [2.45, 2.75) is 23.2 Å². The molecule has 0 spiro atoms. The van der Waals surface area contributed by atoms with Gasteiger partial charge >= 0.3 is 0 Å². The summed E-state index contributed by atoms with van der Waals surface area (Å²) in [5.74, 6) is 1.91. The van der Waals surface area contributed by atoms with Gasteiger partial charge in [-0.1, -0.05) is 84.6 Å². The number of pyridine rings is 1. The van der Waals surface area contributed by atoms with Crippen LogP contribution in [-0.4, -0.2) is 44.3 Å². The number of nitrogens with zero attached hydrogens (tertiary/aromatic N) is 5. The van der Waals surface area contributed by atoms with Crippen LogP contribution in [0.1, 0.15) is 39.0 Å². The third kappa shape index (κ3) is 6.72. The van der Waals surface area contributed by atoms with Gasteiger partial charge in [-0.25, -0.2) is 4.98 Å². The van der Waals surface area contributed by atoms with Gasteiger partial charge in [0.15, 0.2) is 11.0 Å². The van der Waals surface area contributed by atoms with Gasteiger partial charge in [-0.05, 0) is 41.8 Å². The minimum Gasteiger partial charge on any atom is -0.495 e. The van der Waals surface area contributed by atoms with E-state index in [1.165, 1.54) is 34.2 Å². The normalized spacial score (nSPS) is 11.0. The van der Waals surface area contributed by atoms with E-state index in [0.29, 0.717) is 34.7 Å². The van der Waals surface area contributed by atoms with Crippen LogP contribution in [0, 0.1) is 0 Å². The van der Waals surface area contributed by atoms with Gasteiger partial charge in [0.2, 0.25) is 0 Å². The van der Waals surface area contributed by atoms with E-state index < -0.39 is 0 Å². The van der Waals surface area contributed by atoms with E-state index in [-0.39, 0.29) is 11.8 Å². The number of carbonyl (C=O) groups excluding carboxylic acids is 1. The van der Waals surface area contributed by atoms with Crippen LogP contribution in [-0.2, 0) is 5.75 Å². The van der Waals surface area contributed by atoms with Gasteiger partial charge in [0.1, 0.15) is 16.5 Å². The smallest absolute Gasteiger partial charge is 0.270 e. The lowest BCUT2D eigenvalue weighted by Crippen LogP contribution is -2.26. The first-order valence-corrected chi connectivity index (χ1v) is 16.0. The lowest BCUT2D eigenvalue weighted by atomic mass is 9.88. The Labute approximate surface area is 264 Å². The zero-order valence-corrected chi connectivity index (χ0v) is 25.7. The third-order valence-electron chi connectivity index (χ3n) is 7.11. The summed E-state index contributed by atoms with van der Waals surface area (Å²) in [5.41, 5.74) is 4.54. The van der Waals surface area contributed by atoms with Crippen molar-refractivity contribution in [2.75, 3.05) is 13.7 Å². The fourth-order valence-corrected chi connectivity index (χ4v) is 6.74. The van der Waals surface area contributed by atoms with E-state index in [0.717, 1.165) is 22.7 Å². The van der Waals surface area contributed by atoms with E-state index in [9.17, 15) is 4.79 Å². The van der Waals surface area contributed by atoms with E-state index >= 15 is 0 Å². The van der Waals surface area contributed by atoms with Gasteiger partial charge in [0.25, 0.3) is 5.91 Å². The first-order valence-electron chi connectivity index (χ1n) is 14.2. The maximum atomic E-state index is 13.0. The number of para-hydroxylation sites is 2. The molecular formula is C34H30N6O2S2. The summed E-state index contributed by atoms with van der Waals surface area (Å²) < 4.78 is 7.62. The Morgan fingerprint density at radius 2 is 1.66 bits per heavy atom. The molecule has 0 fully saturated rings. The number of rotatable bonds is 12.